The zero-order valence-electron chi connectivity index (χ0n) is 21.1. The molecule has 1 aliphatic rings. The van der Waals surface area contributed by atoms with Crippen LogP contribution in [0.25, 0.3) is 10.8 Å². The molecule has 0 atom stereocenters. The van der Waals surface area contributed by atoms with Gasteiger partial charge < -0.3 is 10.1 Å². The summed E-state index contributed by atoms with van der Waals surface area (Å²) < 4.78 is 5.27. The first-order valence-corrected chi connectivity index (χ1v) is 13.7. The Morgan fingerprint density at radius 2 is 1.62 bits per heavy atom. The average molecular weight is 557 g/mol. The number of unbranched alkanes of at least 4 members (excludes halogenated alkanes) is 1. The Morgan fingerprint density at radius 3 is 2.36 bits per heavy atom. The van der Waals surface area contributed by atoms with E-state index in [1.54, 1.807) is 48.5 Å². The first-order valence-electron chi connectivity index (χ1n) is 12.5. The second-order valence-electron chi connectivity index (χ2n) is 8.89. The van der Waals surface area contributed by atoms with Gasteiger partial charge in [0.15, 0.2) is 0 Å². The minimum Gasteiger partial charge on any atom is -0.462 e. The maximum atomic E-state index is 13.8. The van der Waals surface area contributed by atoms with Gasteiger partial charge in [0.25, 0.3) is 11.8 Å². The van der Waals surface area contributed by atoms with Gasteiger partial charge in [0, 0.05) is 21.0 Å². The van der Waals surface area contributed by atoms with E-state index in [1.165, 1.54) is 11.8 Å². The number of fused-ring (bicyclic) bond motifs is 1. The van der Waals surface area contributed by atoms with Crippen LogP contribution in [0.4, 0.5) is 11.4 Å². The van der Waals surface area contributed by atoms with Crippen LogP contribution in [0.1, 0.15) is 30.1 Å². The number of nitrogens with one attached hydrogen (secondary N) is 1. The topological polar surface area (TPSA) is 75.7 Å². The number of ether oxygens (including phenoxy) is 1. The van der Waals surface area contributed by atoms with E-state index in [9.17, 15) is 14.4 Å². The quantitative estimate of drug-likeness (QED) is 0.131. The van der Waals surface area contributed by atoms with Crippen molar-refractivity contribution in [3.8, 4) is 0 Å². The molecule has 1 N–H and O–H groups in total. The van der Waals surface area contributed by atoms with Crippen LogP contribution in [0.5, 0.6) is 0 Å². The highest BCUT2D eigenvalue weighted by Gasteiger charge is 2.40. The standard InChI is InChI=1S/C31H25ClN2O4S/c1-2-3-19-38-31(37)21-11-15-23(16-12-21)34-29(35)27(28(30(34)36)39-24-17-13-22(32)14-18-24)33-26-10-6-8-20-7-4-5-9-25(20)26/h4-18,33H,2-3,19H2,1H3. The zero-order valence-corrected chi connectivity index (χ0v) is 22.7. The van der Waals surface area contributed by atoms with E-state index in [2.05, 4.69) is 5.32 Å². The van der Waals surface area contributed by atoms with Gasteiger partial charge in [0.2, 0.25) is 0 Å². The van der Waals surface area contributed by atoms with Crippen molar-refractivity contribution in [1.82, 2.24) is 0 Å². The summed E-state index contributed by atoms with van der Waals surface area (Å²) in [7, 11) is 0. The Hall–Kier alpha value is -4.07. The third-order valence-corrected chi connectivity index (χ3v) is 7.56. The second-order valence-corrected chi connectivity index (χ2v) is 10.4. The molecule has 39 heavy (non-hydrogen) atoms. The summed E-state index contributed by atoms with van der Waals surface area (Å²) >= 11 is 7.24. The van der Waals surface area contributed by atoms with Crippen molar-refractivity contribution < 1.29 is 19.1 Å². The summed E-state index contributed by atoms with van der Waals surface area (Å²) in [5.41, 5.74) is 1.61. The van der Waals surface area contributed by atoms with Gasteiger partial charge in [-0.05, 0) is 66.4 Å². The number of carbonyl (C=O) groups is 3. The molecule has 0 saturated carbocycles. The van der Waals surface area contributed by atoms with Gasteiger partial charge in [-0.15, -0.1) is 0 Å². The Balaban J connectivity index is 1.48. The normalized spacial score (nSPS) is 13.3. The molecular formula is C31H25ClN2O4S. The van der Waals surface area contributed by atoms with Crippen LogP contribution in [-0.2, 0) is 14.3 Å². The lowest BCUT2D eigenvalue weighted by atomic mass is 10.1. The first-order chi connectivity index (χ1) is 19.0. The molecule has 196 valence electrons. The van der Waals surface area contributed by atoms with Crippen LogP contribution in [0, 0.1) is 0 Å². The summed E-state index contributed by atoms with van der Waals surface area (Å²) in [6.07, 6.45) is 1.71. The second kappa shape index (κ2) is 11.8. The molecule has 0 aromatic heterocycles. The summed E-state index contributed by atoms with van der Waals surface area (Å²) in [5.74, 6) is -1.38. The molecule has 1 heterocycles. The lowest BCUT2D eigenvalue weighted by Gasteiger charge is -2.16. The SMILES string of the molecule is CCCCOC(=O)c1ccc(N2C(=O)C(Nc3cccc4ccccc34)=C(Sc3ccc(Cl)cc3)C2=O)cc1. The van der Waals surface area contributed by atoms with Crippen LogP contribution >= 0.6 is 23.4 Å². The number of esters is 1. The molecule has 0 radical (unpaired) electrons. The van der Waals surface area contributed by atoms with E-state index in [4.69, 9.17) is 16.3 Å². The average Bonchev–Trinajstić information content (AvgIpc) is 3.18. The molecule has 1 aliphatic heterocycles. The highest BCUT2D eigenvalue weighted by molar-refractivity contribution is 8.04. The predicted molar refractivity (Wildman–Crippen MR) is 156 cm³/mol. The molecule has 4 aromatic rings. The molecule has 5 rings (SSSR count). The monoisotopic (exact) mass is 556 g/mol. The highest BCUT2D eigenvalue weighted by atomic mass is 35.5. The number of benzene rings is 4. The summed E-state index contributed by atoms with van der Waals surface area (Å²) in [5, 5.41) is 5.75. The lowest BCUT2D eigenvalue weighted by molar-refractivity contribution is -0.120. The number of thioether (sulfide) groups is 1. The number of amides is 2. The number of imide groups is 1. The number of hydrogen-bond acceptors (Lipinski definition) is 6. The number of nitrogens with zero attached hydrogens (tertiary/aromatic N) is 1. The zero-order chi connectivity index (χ0) is 27.4. The minimum absolute atomic E-state index is 0.180. The van der Waals surface area contributed by atoms with Gasteiger partial charge in [-0.3, -0.25) is 9.59 Å². The summed E-state index contributed by atoms with van der Waals surface area (Å²) in [6.45, 7) is 2.36. The van der Waals surface area contributed by atoms with Gasteiger partial charge in [0.05, 0.1) is 17.9 Å². The minimum atomic E-state index is -0.484. The fourth-order valence-electron chi connectivity index (χ4n) is 4.18. The van der Waals surface area contributed by atoms with Crippen molar-refractivity contribution in [3.05, 3.63) is 112 Å². The predicted octanol–water partition coefficient (Wildman–Crippen LogP) is 7.44. The van der Waals surface area contributed by atoms with E-state index in [-0.39, 0.29) is 10.6 Å². The number of hydrogen-bond donors (Lipinski definition) is 1. The molecule has 0 spiro atoms. The molecule has 0 aliphatic carbocycles. The van der Waals surface area contributed by atoms with Gasteiger partial charge in [-0.2, -0.15) is 0 Å². The lowest BCUT2D eigenvalue weighted by Crippen LogP contribution is -2.32. The summed E-state index contributed by atoms with van der Waals surface area (Å²) in [6, 6.07) is 26.9. The molecular weight excluding hydrogens is 532 g/mol. The van der Waals surface area contributed by atoms with Crippen LogP contribution in [0.15, 0.2) is 106 Å². The van der Waals surface area contributed by atoms with E-state index in [0.29, 0.717) is 28.6 Å². The first kappa shape index (κ1) is 26.5. The van der Waals surface area contributed by atoms with Crippen molar-refractivity contribution in [2.24, 2.45) is 0 Å². The third kappa shape index (κ3) is 5.70. The largest absolute Gasteiger partial charge is 0.462 e. The van der Waals surface area contributed by atoms with Crippen molar-refractivity contribution >= 4 is 63.3 Å². The van der Waals surface area contributed by atoms with Crippen molar-refractivity contribution in [2.45, 2.75) is 24.7 Å². The van der Waals surface area contributed by atoms with E-state index >= 15 is 0 Å². The summed E-state index contributed by atoms with van der Waals surface area (Å²) in [4.78, 5) is 41.9. The number of carbonyl (C=O) groups excluding carboxylic acids is 3. The molecule has 0 saturated heterocycles. The third-order valence-electron chi connectivity index (χ3n) is 6.22. The van der Waals surface area contributed by atoms with Crippen molar-refractivity contribution in [2.75, 3.05) is 16.8 Å². The van der Waals surface area contributed by atoms with Crippen LogP contribution in [0.2, 0.25) is 5.02 Å². The molecule has 6 nitrogen and oxygen atoms in total. The number of anilines is 2. The van der Waals surface area contributed by atoms with E-state index in [1.807, 2.05) is 49.4 Å². The van der Waals surface area contributed by atoms with Crippen LogP contribution in [-0.4, -0.2) is 24.4 Å². The van der Waals surface area contributed by atoms with Gasteiger partial charge in [-0.1, -0.05) is 73.1 Å². The van der Waals surface area contributed by atoms with Gasteiger partial charge in [-0.25, -0.2) is 9.69 Å². The van der Waals surface area contributed by atoms with E-state index < -0.39 is 17.8 Å². The Labute approximate surface area is 235 Å². The molecule has 4 aromatic carbocycles. The maximum absolute atomic E-state index is 13.8. The fourth-order valence-corrected chi connectivity index (χ4v) is 5.23. The Kier molecular flexibility index (Phi) is 8.00. The molecule has 0 fully saturated rings. The van der Waals surface area contributed by atoms with Gasteiger partial charge in [0.1, 0.15) is 10.6 Å². The molecule has 8 heteroatoms. The van der Waals surface area contributed by atoms with Crippen LogP contribution in [0.3, 0.4) is 0 Å². The van der Waals surface area contributed by atoms with Crippen molar-refractivity contribution in [3.63, 3.8) is 0 Å². The van der Waals surface area contributed by atoms with Crippen molar-refractivity contribution in [1.29, 1.82) is 0 Å². The number of halogens is 1. The smallest absolute Gasteiger partial charge is 0.338 e. The molecule has 2 amide bonds. The maximum Gasteiger partial charge on any atom is 0.338 e. The Bertz CT molecular complexity index is 1580. The highest BCUT2D eigenvalue weighted by Crippen LogP contribution is 2.39. The van der Waals surface area contributed by atoms with Gasteiger partial charge >= 0.3 is 5.97 Å². The number of rotatable bonds is 9. The fraction of sp³-hybridized carbons (Fsp3) is 0.129. The molecule has 0 unspecified atom stereocenters. The van der Waals surface area contributed by atoms with E-state index in [0.717, 1.165) is 33.4 Å². The van der Waals surface area contributed by atoms with Crippen LogP contribution < -0.4 is 10.2 Å². The Morgan fingerprint density at radius 1 is 0.897 bits per heavy atom. The molecule has 0 bridgehead atoms.